The molecule has 1 spiro atoms. The lowest BCUT2D eigenvalue weighted by molar-refractivity contribution is -0.363. The van der Waals surface area contributed by atoms with Crippen LogP contribution in [0.2, 0.25) is 0 Å². The third kappa shape index (κ3) is 6.32. The zero-order valence-electron chi connectivity index (χ0n) is 29.0. The molecule has 2 aliphatic carbocycles. The molecule has 0 amide bonds. The van der Waals surface area contributed by atoms with E-state index in [0.717, 1.165) is 13.8 Å². The number of benzene rings is 1. The predicted octanol–water partition coefficient (Wildman–Crippen LogP) is 2.91. The number of hydrogen-bond acceptors (Lipinski definition) is 13. The van der Waals surface area contributed by atoms with Crippen LogP contribution in [0.1, 0.15) is 85.5 Å². The number of ether oxygens (including phenoxy) is 6. The Morgan fingerprint density at radius 2 is 1.50 bits per heavy atom. The van der Waals surface area contributed by atoms with Crippen molar-refractivity contribution < 1.29 is 62.6 Å². The van der Waals surface area contributed by atoms with Gasteiger partial charge < -0.3 is 38.6 Å². The maximum absolute atomic E-state index is 14.0. The van der Waals surface area contributed by atoms with Crippen molar-refractivity contribution >= 4 is 29.8 Å². The highest BCUT2D eigenvalue weighted by atomic mass is 16.6. The summed E-state index contributed by atoms with van der Waals surface area (Å²) in [6.45, 7) is 12.9. The fraction of sp³-hybridized carbons (Fsp3) is 0.686. The monoisotopic (exact) mass is 676 g/mol. The van der Waals surface area contributed by atoms with Gasteiger partial charge in [-0.3, -0.25) is 19.2 Å². The van der Waals surface area contributed by atoms with Crippen LogP contribution in [-0.2, 0) is 47.6 Å². The van der Waals surface area contributed by atoms with Crippen LogP contribution < -0.4 is 0 Å². The molecule has 1 aromatic carbocycles. The normalized spacial score (nSPS) is 34.9. The van der Waals surface area contributed by atoms with Gasteiger partial charge in [-0.2, -0.15) is 0 Å². The molecular weight excluding hydrogens is 628 g/mol. The van der Waals surface area contributed by atoms with Crippen LogP contribution in [0.25, 0.3) is 0 Å². The first-order valence-corrected chi connectivity index (χ1v) is 16.3. The predicted molar refractivity (Wildman–Crippen MR) is 167 cm³/mol. The average Bonchev–Trinajstić information content (AvgIpc) is 3.14. The Bertz CT molecular complexity index is 1400. The van der Waals surface area contributed by atoms with Gasteiger partial charge in [0.25, 0.3) is 0 Å². The van der Waals surface area contributed by atoms with Gasteiger partial charge in [-0.05, 0) is 38.8 Å². The summed E-state index contributed by atoms with van der Waals surface area (Å²) in [6, 6.07) is 7.92. The van der Waals surface area contributed by atoms with E-state index in [9.17, 15) is 34.2 Å². The van der Waals surface area contributed by atoms with Gasteiger partial charge in [-0.1, -0.05) is 45.9 Å². The molecular formula is C35H48O13. The summed E-state index contributed by atoms with van der Waals surface area (Å²) in [5.41, 5.74) is -7.85. The van der Waals surface area contributed by atoms with Crippen molar-refractivity contribution in [2.45, 2.75) is 122 Å². The van der Waals surface area contributed by atoms with Gasteiger partial charge in [-0.25, -0.2) is 4.79 Å². The van der Waals surface area contributed by atoms with Crippen molar-refractivity contribution in [3.8, 4) is 0 Å². The molecule has 266 valence electrons. The molecule has 13 nitrogen and oxygen atoms in total. The molecule has 13 heteroatoms. The molecule has 1 heterocycles. The van der Waals surface area contributed by atoms with Gasteiger partial charge in [0.2, 0.25) is 0 Å². The Labute approximate surface area is 280 Å². The zero-order chi connectivity index (χ0) is 36.0. The number of aliphatic hydroxyl groups is 2. The summed E-state index contributed by atoms with van der Waals surface area (Å²) in [5.74, 6) is -5.87. The van der Waals surface area contributed by atoms with E-state index in [4.69, 9.17) is 28.4 Å². The summed E-state index contributed by atoms with van der Waals surface area (Å²) < 4.78 is 36.6. The largest absolute Gasteiger partial charge is 0.465 e. The first-order valence-electron chi connectivity index (χ1n) is 16.3. The molecule has 9 atom stereocenters. The highest BCUT2D eigenvalue weighted by Gasteiger charge is 2.88. The van der Waals surface area contributed by atoms with E-state index in [1.807, 2.05) is 0 Å². The second-order valence-corrected chi connectivity index (χ2v) is 14.6. The summed E-state index contributed by atoms with van der Waals surface area (Å²) in [7, 11) is 0. The maximum Gasteiger partial charge on any atom is 0.338 e. The topological polar surface area (TPSA) is 181 Å². The Kier molecular flexibility index (Phi) is 10.4. The van der Waals surface area contributed by atoms with E-state index in [0.29, 0.717) is 0 Å². The minimum atomic E-state index is -2.23. The quantitative estimate of drug-likeness (QED) is 0.273. The molecule has 3 fully saturated rings. The Morgan fingerprint density at radius 3 is 2.04 bits per heavy atom. The fourth-order valence-corrected chi connectivity index (χ4v) is 7.98. The molecule has 0 aromatic heterocycles. The molecule has 1 aromatic rings. The summed E-state index contributed by atoms with van der Waals surface area (Å²) in [6.07, 6.45) is -8.41. The Hall–Kier alpha value is -3.55. The highest BCUT2D eigenvalue weighted by molar-refractivity contribution is 5.89. The molecule has 1 aliphatic heterocycles. The number of fused-ring (bicyclic) bond motifs is 1. The maximum atomic E-state index is 14.0. The Balaban J connectivity index is 2.11. The second kappa shape index (κ2) is 13.4. The van der Waals surface area contributed by atoms with Gasteiger partial charge >= 0.3 is 29.8 Å². The SMILES string of the molecule is CC(=O)O[C@H]1C[C@](C)(O)[C@@]23OC(C)(C)[C@@H]([C@H](OC(=O)C(C)C)[C@@H](OC(=O)c4ccccc4)[C@]2(COC(=O)CC(C)C)[C@H]1OC(C)=O)[C@H]3O. The Morgan fingerprint density at radius 1 is 0.896 bits per heavy atom. The fourth-order valence-electron chi connectivity index (χ4n) is 7.98. The summed E-state index contributed by atoms with van der Waals surface area (Å²) >= 11 is 0. The third-order valence-corrected chi connectivity index (χ3v) is 9.70. The van der Waals surface area contributed by atoms with Crippen LogP contribution >= 0.6 is 0 Å². The van der Waals surface area contributed by atoms with E-state index in [1.165, 1.54) is 19.1 Å². The first-order chi connectivity index (χ1) is 22.2. The van der Waals surface area contributed by atoms with Gasteiger partial charge in [-0.15, -0.1) is 0 Å². The molecule has 4 rings (SSSR count). The zero-order valence-corrected chi connectivity index (χ0v) is 29.0. The highest BCUT2D eigenvalue weighted by Crippen LogP contribution is 2.69. The van der Waals surface area contributed by atoms with E-state index in [1.54, 1.807) is 59.7 Å². The van der Waals surface area contributed by atoms with E-state index in [2.05, 4.69) is 0 Å². The molecule has 2 bridgehead atoms. The van der Waals surface area contributed by atoms with Crippen LogP contribution in [0.15, 0.2) is 30.3 Å². The van der Waals surface area contributed by atoms with Gasteiger partial charge in [0.1, 0.15) is 29.8 Å². The van der Waals surface area contributed by atoms with Crippen molar-refractivity contribution in [1.82, 2.24) is 0 Å². The first kappa shape index (κ1) is 37.3. The molecule has 2 saturated carbocycles. The van der Waals surface area contributed by atoms with Crippen LogP contribution in [-0.4, -0.2) is 94.0 Å². The van der Waals surface area contributed by atoms with Crippen LogP contribution in [0.4, 0.5) is 0 Å². The third-order valence-electron chi connectivity index (χ3n) is 9.70. The smallest absolute Gasteiger partial charge is 0.338 e. The number of hydrogen-bond donors (Lipinski definition) is 2. The molecule has 3 aliphatic rings. The molecule has 0 radical (unpaired) electrons. The lowest BCUT2D eigenvalue weighted by atomic mass is 9.45. The van der Waals surface area contributed by atoms with Crippen LogP contribution in [0.3, 0.4) is 0 Å². The van der Waals surface area contributed by atoms with E-state index >= 15 is 0 Å². The van der Waals surface area contributed by atoms with E-state index in [-0.39, 0.29) is 17.9 Å². The average molecular weight is 677 g/mol. The molecule has 2 N–H and O–H groups in total. The number of rotatable bonds is 10. The minimum Gasteiger partial charge on any atom is -0.465 e. The standard InChI is InChI=1S/C35H48O13/c1-18(2)15-24(38)43-17-34-28(45-21(6)37)23(44-20(5)36)16-33(9,42)35(34)27(39)25(32(7,8)48-35)26(46-30(40)19(3)4)29(34)47-31(41)22-13-11-10-12-14-22/h10-14,18-19,23,25-29,39,42H,15-17H2,1-9H3/t23-,25-,26-,27+,28-,29+,33-,34-,35+/m0/s1. The molecule has 0 unspecified atom stereocenters. The number of aliphatic hydroxyl groups excluding tert-OH is 1. The van der Waals surface area contributed by atoms with E-state index < -0.39 is 107 Å². The lowest BCUT2D eigenvalue weighted by Gasteiger charge is -2.66. The lowest BCUT2D eigenvalue weighted by Crippen LogP contribution is -2.85. The second-order valence-electron chi connectivity index (χ2n) is 14.6. The van der Waals surface area contributed by atoms with Crippen molar-refractivity contribution in [3.05, 3.63) is 35.9 Å². The van der Waals surface area contributed by atoms with Crippen LogP contribution in [0.5, 0.6) is 0 Å². The van der Waals surface area contributed by atoms with Crippen molar-refractivity contribution in [1.29, 1.82) is 0 Å². The van der Waals surface area contributed by atoms with Gasteiger partial charge in [0.05, 0.1) is 34.7 Å². The molecule has 1 saturated heterocycles. The van der Waals surface area contributed by atoms with Gasteiger partial charge in [0.15, 0.2) is 12.2 Å². The van der Waals surface area contributed by atoms with Crippen LogP contribution in [0, 0.1) is 23.2 Å². The molecule has 48 heavy (non-hydrogen) atoms. The van der Waals surface area contributed by atoms with Crippen molar-refractivity contribution in [3.63, 3.8) is 0 Å². The summed E-state index contributed by atoms with van der Waals surface area (Å²) in [5, 5.41) is 24.9. The number of carbonyl (C=O) groups is 5. The number of carbonyl (C=O) groups excluding carboxylic acids is 5. The summed E-state index contributed by atoms with van der Waals surface area (Å²) in [4.78, 5) is 66.0. The van der Waals surface area contributed by atoms with Gasteiger partial charge in [0, 0.05) is 26.7 Å². The van der Waals surface area contributed by atoms with Crippen molar-refractivity contribution in [2.24, 2.45) is 23.2 Å². The number of esters is 5. The van der Waals surface area contributed by atoms with Crippen molar-refractivity contribution in [2.75, 3.05) is 6.61 Å². The minimum absolute atomic E-state index is 0.0388.